The van der Waals surface area contributed by atoms with Crippen LogP contribution < -0.4 is 4.90 Å². The molecule has 2 fully saturated rings. The number of oxime groups is 1. The fourth-order valence-corrected chi connectivity index (χ4v) is 6.31. The zero-order valence-electron chi connectivity index (χ0n) is 18.7. The number of nitrogens with zero attached hydrogens (tertiary/aromatic N) is 3. The summed E-state index contributed by atoms with van der Waals surface area (Å²) >= 11 is 0. The largest absolute Gasteiger partial charge is 0.411 e. The summed E-state index contributed by atoms with van der Waals surface area (Å²) < 4.78 is 0. The molecule has 1 spiro atoms. The molecule has 2 amide bonds. The van der Waals surface area contributed by atoms with Gasteiger partial charge in [0.25, 0.3) is 0 Å². The Kier molecular flexibility index (Phi) is 4.76. The molecule has 3 aromatic rings. The molecule has 6 nitrogen and oxygen atoms in total. The van der Waals surface area contributed by atoms with Crippen LogP contribution in [0.15, 0.2) is 90.1 Å². The molecule has 6 heteroatoms. The molecule has 1 unspecified atom stereocenters. The average molecular weight is 452 g/mol. The minimum absolute atomic E-state index is 0.0950. The van der Waals surface area contributed by atoms with Gasteiger partial charge in [0.2, 0.25) is 11.8 Å². The predicted octanol–water partition coefficient (Wildman–Crippen LogP) is 3.97. The third kappa shape index (κ3) is 2.71. The lowest BCUT2D eigenvalue weighted by Crippen LogP contribution is -2.52. The first-order chi connectivity index (χ1) is 16.7. The van der Waals surface area contributed by atoms with E-state index >= 15 is 0 Å². The fraction of sp³-hybridized carbons (Fsp3) is 0.250. The summed E-state index contributed by atoms with van der Waals surface area (Å²) in [4.78, 5) is 32.1. The van der Waals surface area contributed by atoms with Gasteiger partial charge in [0.15, 0.2) is 0 Å². The van der Waals surface area contributed by atoms with E-state index in [4.69, 9.17) is 0 Å². The molecule has 1 N–H and O–H groups in total. The molecule has 0 radical (unpaired) electrons. The molecular weight excluding hydrogens is 426 g/mol. The highest BCUT2D eigenvalue weighted by atomic mass is 16.4. The maximum atomic E-state index is 14.6. The summed E-state index contributed by atoms with van der Waals surface area (Å²) in [6, 6.07) is 26.6. The molecule has 170 valence electrons. The number of para-hydroxylation sites is 1. The van der Waals surface area contributed by atoms with E-state index in [1.807, 2.05) is 94.7 Å². The molecule has 3 heterocycles. The molecular formula is C28H25N3O3. The van der Waals surface area contributed by atoms with Gasteiger partial charge in [-0.05, 0) is 30.0 Å². The van der Waals surface area contributed by atoms with Crippen molar-refractivity contribution in [2.75, 3.05) is 11.4 Å². The predicted molar refractivity (Wildman–Crippen MR) is 129 cm³/mol. The Balaban J connectivity index is 1.56. The lowest BCUT2D eigenvalue weighted by atomic mass is 9.65. The molecule has 0 aliphatic carbocycles. The van der Waals surface area contributed by atoms with Crippen LogP contribution >= 0.6 is 0 Å². The number of benzene rings is 3. The number of amides is 2. The quantitative estimate of drug-likeness (QED) is 0.371. The van der Waals surface area contributed by atoms with Crippen LogP contribution in [0.25, 0.3) is 0 Å². The van der Waals surface area contributed by atoms with Gasteiger partial charge in [-0.25, -0.2) is 0 Å². The molecule has 0 bridgehead atoms. The highest BCUT2D eigenvalue weighted by Gasteiger charge is 2.70. The fourth-order valence-electron chi connectivity index (χ4n) is 6.31. The van der Waals surface area contributed by atoms with Gasteiger partial charge in [-0.3, -0.25) is 9.59 Å². The number of hydrogen-bond donors (Lipinski definition) is 1. The minimum atomic E-state index is -1.13. The van der Waals surface area contributed by atoms with Crippen molar-refractivity contribution >= 4 is 23.2 Å². The SMILES string of the molecule is O=C1[C@@H](/C(=N/O)c2ccccc2)[C@]2(C(=O)N(Cc3ccccc3)c3ccccc32)C2CCCN12. The number of carbonyl (C=O) groups excluding carboxylic acids is 2. The maximum Gasteiger partial charge on any atom is 0.241 e. The molecule has 0 aromatic heterocycles. The van der Waals surface area contributed by atoms with E-state index < -0.39 is 11.3 Å². The molecule has 3 aromatic carbocycles. The van der Waals surface area contributed by atoms with Crippen molar-refractivity contribution < 1.29 is 14.8 Å². The van der Waals surface area contributed by atoms with Gasteiger partial charge in [-0.1, -0.05) is 84.0 Å². The number of rotatable bonds is 4. The number of carbonyl (C=O) groups is 2. The highest BCUT2D eigenvalue weighted by Crippen LogP contribution is 2.57. The molecule has 3 aliphatic rings. The van der Waals surface area contributed by atoms with Gasteiger partial charge in [0.1, 0.15) is 17.0 Å². The van der Waals surface area contributed by atoms with Crippen molar-refractivity contribution in [3.63, 3.8) is 0 Å². The third-order valence-corrected chi connectivity index (χ3v) is 7.64. The second kappa shape index (κ2) is 7.83. The second-order valence-corrected chi connectivity index (χ2v) is 9.24. The van der Waals surface area contributed by atoms with E-state index in [0.717, 1.165) is 29.7 Å². The van der Waals surface area contributed by atoms with Crippen LogP contribution in [0, 0.1) is 5.92 Å². The summed E-state index contributed by atoms with van der Waals surface area (Å²) in [5, 5.41) is 13.8. The lowest BCUT2D eigenvalue weighted by Gasteiger charge is -2.33. The zero-order valence-corrected chi connectivity index (χ0v) is 18.7. The lowest BCUT2D eigenvalue weighted by molar-refractivity contribution is -0.130. The summed E-state index contributed by atoms with van der Waals surface area (Å²) in [6.07, 6.45) is 1.60. The van der Waals surface area contributed by atoms with Crippen molar-refractivity contribution in [1.82, 2.24) is 4.90 Å². The summed E-state index contributed by atoms with van der Waals surface area (Å²) in [5.74, 6) is -1.12. The van der Waals surface area contributed by atoms with Crippen molar-refractivity contribution in [2.24, 2.45) is 11.1 Å². The Morgan fingerprint density at radius 3 is 2.35 bits per heavy atom. The second-order valence-electron chi connectivity index (χ2n) is 9.24. The van der Waals surface area contributed by atoms with Crippen LogP contribution in [0.2, 0.25) is 0 Å². The van der Waals surface area contributed by atoms with Crippen molar-refractivity contribution in [1.29, 1.82) is 0 Å². The van der Waals surface area contributed by atoms with Crippen LogP contribution in [0.5, 0.6) is 0 Å². The van der Waals surface area contributed by atoms with Gasteiger partial charge in [-0.2, -0.15) is 0 Å². The summed E-state index contributed by atoms with van der Waals surface area (Å²) in [6.45, 7) is 1.03. The standard InChI is InChI=1S/C28H25N3O3/c32-26-24(25(29-34)20-12-5-2-6-13-20)28(23-16-9-17-30(23)26)21-14-7-8-15-22(21)31(27(28)33)18-19-10-3-1-4-11-19/h1-8,10-15,23-24,34H,9,16-18H2/b29-25+/t23?,24-,28-/m1/s1. The van der Waals surface area contributed by atoms with Crippen molar-refractivity contribution in [3.8, 4) is 0 Å². The van der Waals surface area contributed by atoms with E-state index in [0.29, 0.717) is 18.7 Å². The zero-order chi connectivity index (χ0) is 23.3. The molecule has 3 aliphatic heterocycles. The van der Waals surface area contributed by atoms with Gasteiger partial charge in [-0.15, -0.1) is 0 Å². The minimum Gasteiger partial charge on any atom is -0.411 e. The maximum absolute atomic E-state index is 14.6. The monoisotopic (exact) mass is 451 g/mol. The van der Waals surface area contributed by atoms with Crippen LogP contribution in [-0.4, -0.2) is 40.2 Å². The van der Waals surface area contributed by atoms with E-state index in [1.54, 1.807) is 0 Å². The van der Waals surface area contributed by atoms with Gasteiger partial charge in [0, 0.05) is 17.8 Å². The van der Waals surface area contributed by atoms with E-state index in [2.05, 4.69) is 5.16 Å². The van der Waals surface area contributed by atoms with E-state index in [1.165, 1.54) is 0 Å². The van der Waals surface area contributed by atoms with Crippen LogP contribution in [-0.2, 0) is 21.5 Å². The Labute approximate surface area is 198 Å². The average Bonchev–Trinajstić information content (AvgIpc) is 3.52. The Morgan fingerprint density at radius 1 is 0.941 bits per heavy atom. The normalized spacial score (nSPS) is 25.8. The van der Waals surface area contributed by atoms with E-state index in [9.17, 15) is 14.8 Å². The van der Waals surface area contributed by atoms with Crippen molar-refractivity contribution in [2.45, 2.75) is 30.8 Å². The first kappa shape index (κ1) is 20.7. The molecule has 2 saturated heterocycles. The summed E-state index contributed by atoms with van der Waals surface area (Å²) in [7, 11) is 0. The first-order valence-corrected chi connectivity index (χ1v) is 11.7. The van der Waals surface area contributed by atoms with Crippen LogP contribution in [0.1, 0.15) is 29.5 Å². The van der Waals surface area contributed by atoms with Gasteiger partial charge < -0.3 is 15.0 Å². The number of hydrogen-bond acceptors (Lipinski definition) is 4. The highest BCUT2D eigenvalue weighted by molar-refractivity contribution is 6.23. The smallest absolute Gasteiger partial charge is 0.241 e. The van der Waals surface area contributed by atoms with Crippen LogP contribution in [0.4, 0.5) is 5.69 Å². The number of anilines is 1. The van der Waals surface area contributed by atoms with Crippen LogP contribution in [0.3, 0.4) is 0 Å². The Morgan fingerprint density at radius 2 is 1.62 bits per heavy atom. The molecule has 0 saturated carbocycles. The third-order valence-electron chi connectivity index (χ3n) is 7.64. The van der Waals surface area contributed by atoms with Gasteiger partial charge in [0.05, 0.1) is 12.6 Å². The molecule has 34 heavy (non-hydrogen) atoms. The van der Waals surface area contributed by atoms with Gasteiger partial charge >= 0.3 is 0 Å². The topological polar surface area (TPSA) is 73.2 Å². The number of fused-ring (bicyclic) bond motifs is 4. The first-order valence-electron chi connectivity index (χ1n) is 11.7. The molecule has 3 atom stereocenters. The Hall–Kier alpha value is -3.93. The Bertz CT molecular complexity index is 1290. The van der Waals surface area contributed by atoms with Crippen molar-refractivity contribution in [3.05, 3.63) is 102 Å². The summed E-state index contributed by atoms with van der Waals surface area (Å²) in [5.41, 5.74) is 2.47. The van der Waals surface area contributed by atoms with E-state index in [-0.39, 0.29) is 23.6 Å². The molecule has 6 rings (SSSR count).